The van der Waals surface area contributed by atoms with Gasteiger partial charge in [-0.15, -0.1) is 0 Å². The van der Waals surface area contributed by atoms with Gasteiger partial charge in [0.25, 0.3) is 0 Å². The molecule has 2 heterocycles. The SMILES string of the molecule is CC(C)(C)OC(=O)N1[C@@H]2CCC(C2)[C@H]1C(=O)NCC#N.CCn1cc(-c2ccc(C)c(F)c2)cn1. The quantitative estimate of drug-likeness (QED) is 0.649. The van der Waals surface area contributed by atoms with Crippen molar-refractivity contribution in [2.75, 3.05) is 6.54 Å². The lowest BCUT2D eigenvalue weighted by Crippen LogP contribution is -2.53. The van der Waals surface area contributed by atoms with Crippen LogP contribution in [0.5, 0.6) is 0 Å². The van der Waals surface area contributed by atoms with Gasteiger partial charge >= 0.3 is 6.09 Å². The maximum Gasteiger partial charge on any atom is 0.411 e. The second-order valence-corrected chi connectivity index (χ2v) is 9.98. The highest BCUT2D eigenvalue weighted by molar-refractivity contribution is 5.87. The summed E-state index contributed by atoms with van der Waals surface area (Å²) < 4.78 is 20.6. The average molecular weight is 484 g/mol. The van der Waals surface area contributed by atoms with Gasteiger partial charge in [0.15, 0.2) is 0 Å². The molecule has 2 aromatic rings. The number of benzene rings is 1. The van der Waals surface area contributed by atoms with Crippen LogP contribution < -0.4 is 5.32 Å². The Kier molecular flexibility index (Phi) is 8.15. The van der Waals surface area contributed by atoms with Crippen LogP contribution in [0.1, 0.15) is 52.5 Å². The minimum Gasteiger partial charge on any atom is -0.444 e. The highest BCUT2D eigenvalue weighted by Crippen LogP contribution is 2.43. The van der Waals surface area contributed by atoms with Crippen molar-refractivity contribution in [3.05, 3.63) is 42.0 Å². The zero-order valence-electron chi connectivity index (χ0n) is 21.0. The average Bonchev–Trinajstić information content (AvgIpc) is 3.54. The van der Waals surface area contributed by atoms with E-state index in [1.807, 2.05) is 50.7 Å². The van der Waals surface area contributed by atoms with Crippen molar-refractivity contribution in [3.63, 3.8) is 0 Å². The fourth-order valence-corrected chi connectivity index (χ4v) is 4.59. The number of likely N-dealkylation sites (tertiary alicyclic amines) is 1. The van der Waals surface area contributed by atoms with E-state index in [0.29, 0.717) is 5.56 Å². The molecule has 35 heavy (non-hydrogen) atoms. The van der Waals surface area contributed by atoms with E-state index in [-0.39, 0.29) is 30.2 Å². The van der Waals surface area contributed by atoms with Crippen LogP contribution in [0.15, 0.2) is 30.6 Å². The molecule has 188 valence electrons. The summed E-state index contributed by atoms with van der Waals surface area (Å²) in [6.45, 7) is 10.0. The molecular formula is C26H34FN5O3. The number of hydrogen-bond acceptors (Lipinski definition) is 5. The zero-order chi connectivity index (χ0) is 25.8. The summed E-state index contributed by atoms with van der Waals surface area (Å²) in [7, 11) is 0. The normalized spacial score (nSPS) is 20.6. The number of carbonyl (C=O) groups excluding carboxylic acids is 2. The summed E-state index contributed by atoms with van der Waals surface area (Å²) in [5, 5.41) is 15.3. The van der Waals surface area contributed by atoms with E-state index < -0.39 is 17.7 Å². The number of halogens is 1. The third-order valence-corrected chi connectivity index (χ3v) is 6.26. The Balaban J connectivity index is 0.000000203. The first kappa shape index (κ1) is 26.2. The molecule has 1 aromatic heterocycles. The number of piperidine rings is 1. The zero-order valence-corrected chi connectivity index (χ0v) is 21.0. The largest absolute Gasteiger partial charge is 0.444 e. The molecule has 4 rings (SSSR count). The van der Waals surface area contributed by atoms with E-state index in [1.165, 1.54) is 0 Å². The van der Waals surface area contributed by atoms with E-state index in [9.17, 15) is 14.0 Å². The second-order valence-electron chi connectivity index (χ2n) is 9.98. The second kappa shape index (κ2) is 10.9. The van der Waals surface area contributed by atoms with E-state index >= 15 is 0 Å². The third kappa shape index (κ3) is 6.38. The highest BCUT2D eigenvalue weighted by atomic mass is 19.1. The van der Waals surface area contributed by atoms with Gasteiger partial charge in [0, 0.05) is 24.3 Å². The van der Waals surface area contributed by atoms with Gasteiger partial charge in [0.2, 0.25) is 5.91 Å². The standard InChI is InChI=1S/C14H21N3O3.C12H13FN2/c1-14(2,3)20-13(19)17-10-5-4-9(8-10)11(17)12(18)16-7-6-15;1-3-15-8-11(7-14-15)10-5-4-9(2)12(13)6-10/h9-11H,4-5,7-8H2,1-3H3,(H,16,18);4-8H,3H2,1-2H3/t9?,10-,11+;/m1./s1. The first-order chi connectivity index (χ1) is 16.5. The van der Waals surface area contributed by atoms with Crippen molar-refractivity contribution in [1.29, 1.82) is 5.26 Å². The van der Waals surface area contributed by atoms with Gasteiger partial charge in [-0.1, -0.05) is 12.1 Å². The molecule has 1 unspecified atom stereocenters. The van der Waals surface area contributed by atoms with Crippen molar-refractivity contribution in [2.45, 2.75) is 78.1 Å². The van der Waals surface area contributed by atoms with Crippen molar-refractivity contribution >= 4 is 12.0 Å². The predicted molar refractivity (Wildman–Crippen MR) is 130 cm³/mol. The van der Waals surface area contributed by atoms with Crippen LogP contribution in [0.2, 0.25) is 0 Å². The fraction of sp³-hybridized carbons (Fsp3) is 0.538. The number of hydrogen-bond donors (Lipinski definition) is 1. The van der Waals surface area contributed by atoms with Crippen molar-refractivity contribution < 1.29 is 18.7 Å². The van der Waals surface area contributed by atoms with Crippen LogP contribution in [0, 0.1) is 30.0 Å². The number of rotatable bonds is 4. The molecule has 2 amide bonds. The molecule has 2 aliphatic rings. The Labute approximate surface area is 206 Å². The number of nitriles is 1. The maximum absolute atomic E-state index is 13.3. The molecule has 2 bridgehead atoms. The lowest BCUT2D eigenvalue weighted by atomic mass is 9.98. The van der Waals surface area contributed by atoms with Gasteiger partial charge in [-0.3, -0.25) is 14.4 Å². The molecule has 0 spiro atoms. The number of fused-ring (bicyclic) bond motifs is 2. The van der Waals surface area contributed by atoms with E-state index in [1.54, 1.807) is 30.2 Å². The molecule has 1 aliphatic heterocycles. The molecule has 1 aliphatic carbocycles. The Hall–Kier alpha value is -3.41. The molecule has 3 atom stereocenters. The van der Waals surface area contributed by atoms with Crippen LogP contribution in [-0.4, -0.2) is 50.9 Å². The smallest absolute Gasteiger partial charge is 0.411 e. The number of nitrogens with zero attached hydrogens (tertiary/aromatic N) is 4. The van der Waals surface area contributed by atoms with Crippen LogP contribution in [0.4, 0.5) is 9.18 Å². The number of amides is 2. The molecule has 0 radical (unpaired) electrons. The van der Waals surface area contributed by atoms with Crippen molar-refractivity contribution in [1.82, 2.24) is 20.0 Å². The van der Waals surface area contributed by atoms with Crippen LogP contribution in [0.3, 0.4) is 0 Å². The van der Waals surface area contributed by atoms with Crippen LogP contribution in [0.25, 0.3) is 11.1 Å². The molecule has 1 N–H and O–H groups in total. The highest BCUT2D eigenvalue weighted by Gasteiger charge is 2.52. The van der Waals surface area contributed by atoms with Crippen molar-refractivity contribution in [3.8, 4) is 17.2 Å². The Morgan fingerprint density at radius 3 is 2.63 bits per heavy atom. The van der Waals surface area contributed by atoms with E-state index in [0.717, 1.165) is 36.9 Å². The molecule has 1 saturated carbocycles. The number of carbonyl (C=O) groups is 2. The summed E-state index contributed by atoms with van der Waals surface area (Å²) >= 11 is 0. The minimum atomic E-state index is -0.577. The van der Waals surface area contributed by atoms with E-state index in [4.69, 9.17) is 10.00 Å². The summed E-state index contributed by atoms with van der Waals surface area (Å²) in [6.07, 6.45) is 5.98. The topological polar surface area (TPSA) is 100 Å². The first-order valence-corrected chi connectivity index (χ1v) is 12.0. The number of aromatic nitrogens is 2. The molecule has 8 nitrogen and oxygen atoms in total. The number of ether oxygens (including phenoxy) is 1. The summed E-state index contributed by atoms with van der Waals surface area (Å²) in [4.78, 5) is 26.0. The Bertz CT molecular complexity index is 1100. The van der Waals surface area contributed by atoms with Gasteiger partial charge in [0.05, 0.1) is 12.3 Å². The Morgan fingerprint density at radius 1 is 1.29 bits per heavy atom. The predicted octanol–water partition coefficient (Wildman–Crippen LogP) is 4.43. The van der Waals surface area contributed by atoms with Gasteiger partial charge in [-0.25, -0.2) is 9.18 Å². The molecule has 1 aromatic carbocycles. The summed E-state index contributed by atoms with van der Waals surface area (Å²) in [5.74, 6) is -0.229. The third-order valence-electron chi connectivity index (χ3n) is 6.26. The maximum atomic E-state index is 13.3. The molecule has 9 heteroatoms. The summed E-state index contributed by atoms with van der Waals surface area (Å²) in [6, 6.07) is 6.73. The van der Waals surface area contributed by atoms with Gasteiger partial charge in [0.1, 0.15) is 24.0 Å². The van der Waals surface area contributed by atoms with Gasteiger partial charge in [-0.2, -0.15) is 10.4 Å². The number of nitrogens with one attached hydrogen (secondary N) is 1. The Morgan fingerprint density at radius 2 is 2.03 bits per heavy atom. The molecule has 1 saturated heterocycles. The lowest BCUT2D eigenvalue weighted by molar-refractivity contribution is -0.127. The lowest BCUT2D eigenvalue weighted by Gasteiger charge is -2.35. The van der Waals surface area contributed by atoms with Crippen molar-refractivity contribution in [2.24, 2.45) is 5.92 Å². The van der Waals surface area contributed by atoms with E-state index in [2.05, 4.69) is 10.4 Å². The van der Waals surface area contributed by atoms with Crippen LogP contribution >= 0.6 is 0 Å². The minimum absolute atomic E-state index is 0.0329. The van der Waals surface area contributed by atoms with Gasteiger partial charge in [-0.05, 0) is 77.0 Å². The fourth-order valence-electron chi connectivity index (χ4n) is 4.59. The van der Waals surface area contributed by atoms with Crippen LogP contribution in [-0.2, 0) is 16.1 Å². The molecular weight excluding hydrogens is 449 g/mol. The summed E-state index contributed by atoms with van der Waals surface area (Å²) in [5.41, 5.74) is 1.92. The molecule has 2 fully saturated rings. The first-order valence-electron chi connectivity index (χ1n) is 12.0. The number of aryl methyl sites for hydroxylation is 2. The van der Waals surface area contributed by atoms with Gasteiger partial charge < -0.3 is 10.1 Å². The monoisotopic (exact) mass is 483 g/mol.